The number of hydrogen-bond acceptors (Lipinski definition) is 6. The first kappa shape index (κ1) is 22.3. The Hall–Kier alpha value is -1.88. The molecule has 0 aliphatic carbocycles. The summed E-state index contributed by atoms with van der Waals surface area (Å²) >= 11 is 1.56. The van der Waals surface area contributed by atoms with E-state index in [1.54, 1.807) is 18.7 Å². The number of aryl methyl sites for hydroxylation is 1. The van der Waals surface area contributed by atoms with Crippen LogP contribution in [0.15, 0.2) is 16.8 Å². The van der Waals surface area contributed by atoms with E-state index in [1.807, 2.05) is 36.4 Å². The zero-order valence-corrected chi connectivity index (χ0v) is 19.1. The summed E-state index contributed by atoms with van der Waals surface area (Å²) in [4.78, 5) is 26.6. The lowest BCUT2D eigenvalue weighted by Gasteiger charge is -2.46. The summed E-state index contributed by atoms with van der Waals surface area (Å²) in [7, 11) is 3.87. The van der Waals surface area contributed by atoms with Gasteiger partial charge in [-0.05, 0) is 13.3 Å². The highest BCUT2D eigenvalue weighted by atomic mass is 32.2. The lowest BCUT2D eigenvalue weighted by atomic mass is 9.79. The van der Waals surface area contributed by atoms with Crippen molar-refractivity contribution in [3.8, 4) is 0 Å². The van der Waals surface area contributed by atoms with E-state index < -0.39 is 18.0 Å². The van der Waals surface area contributed by atoms with Gasteiger partial charge in [0.25, 0.3) is 5.82 Å². The fraction of sp³-hybridized carbons (Fsp3) is 0.667. The summed E-state index contributed by atoms with van der Waals surface area (Å²) in [6, 6.07) is -0.0152. The number of hydrogen-bond donors (Lipinski definition) is 4. The molecule has 0 spiro atoms. The number of carbonyl (C=O) groups is 2. The Morgan fingerprint density at radius 3 is 2.74 bits per heavy atom. The number of imidazole rings is 1. The van der Waals surface area contributed by atoms with E-state index in [1.165, 1.54) is 4.90 Å². The first-order chi connectivity index (χ1) is 14.6. The average molecular weight is 452 g/mol. The predicted octanol–water partition coefficient (Wildman–Crippen LogP) is -0.498. The molecule has 31 heavy (non-hydrogen) atoms. The van der Waals surface area contributed by atoms with Crippen molar-refractivity contribution in [1.82, 2.24) is 14.8 Å². The quantitative estimate of drug-likeness (QED) is 0.326. The van der Waals surface area contributed by atoms with E-state index >= 15 is 0 Å². The zero-order valence-electron chi connectivity index (χ0n) is 18.3. The molecule has 1 aromatic heterocycles. The van der Waals surface area contributed by atoms with Crippen LogP contribution in [0.3, 0.4) is 0 Å². The second-order valence-corrected chi connectivity index (χ2v) is 10.3. The Balaban J connectivity index is 1.46. The molecule has 0 bridgehead atoms. The van der Waals surface area contributed by atoms with Gasteiger partial charge >= 0.3 is 5.97 Å². The van der Waals surface area contributed by atoms with Crippen LogP contribution in [0.25, 0.3) is 0 Å². The molecule has 6 atom stereocenters. The second-order valence-electron chi connectivity index (χ2n) is 8.92. The van der Waals surface area contributed by atoms with E-state index in [0.717, 1.165) is 35.8 Å². The third-order valence-corrected chi connectivity index (χ3v) is 8.46. The molecule has 3 aliphatic rings. The van der Waals surface area contributed by atoms with Gasteiger partial charge in [0.05, 0.1) is 32.2 Å². The van der Waals surface area contributed by atoms with E-state index in [4.69, 9.17) is 0 Å². The van der Waals surface area contributed by atoms with Gasteiger partial charge in [-0.1, -0.05) is 6.92 Å². The number of rotatable bonds is 7. The fourth-order valence-corrected chi connectivity index (χ4v) is 6.85. The Bertz CT molecular complexity index is 942. The third kappa shape index (κ3) is 3.59. The summed E-state index contributed by atoms with van der Waals surface area (Å²) in [5.41, 5.74) is 1.22. The van der Waals surface area contributed by atoms with Gasteiger partial charge in [0, 0.05) is 35.1 Å². The maximum Gasteiger partial charge on any atom is 0.353 e. The Kier molecular flexibility index (Phi) is 5.93. The van der Waals surface area contributed by atoms with Crippen molar-refractivity contribution in [2.75, 3.05) is 6.54 Å². The van der Waals surface area contributed by atoms with Gasteiger partial charge in [-0.25, -0.2) is 13.9 Å². The molecule has 9 nitrogen and oxygen atoms in total. The van der Waals surface area contributed by atoms with Crippen LogP contribution in [0, 0.1) is 11.8 Å². The molecule has 4 rings (SSSR count). The first-order valence-electron chi connectivity index (χ1n) is 10.7. The van der Waals surface area contributed by atoms with Crippen molar-refractivity contribution < 1.29 is 29.5 Å². The van der Waals surface area contributed by atoms with Crippen molar-refractivity contribution in [2.24, 2.45) is 25.9 Å². The molecule has 3 aliphatic heterocycles. The Morgan fingerprint density at radius 1 is 1.45 bits per heavy atom. The number of aliphatic hydroxyl groups excluding tert-OH is 2. The normalized spacial score (nSPS) is 31.2. The molecule has 1 amide bonds. The summed E-state index contributed by atoms with van der Waals surface area (Å²) in [6.07, 6.45) is 2.95. The highest BCUT2D eigenvalue weighted by molar-refractivity contribution is 8.03. The number of carbonyl (C=O) groups excluding carboxylic acids is 1. The van der Waals surface area contributed by atoms with Crippen molar-refractivity contribution in [1.29, 1.82) is 0 Å². The van der Waals surface area contributed by atoms with E-state index in [-0.39, 0.29) is 41.5 Å². The number of β-lactam (4-membered cyclic amide) rings is 1. The number of nitrogens with zero attached hydrogens (tertiary/aromatic N) is 3. The van der Waals surface area contributed by atoms with Crippen LogP contribution in [0.5, 0.6) is 0 Å². The van der Waals surface area contributed by atoms with Gasteiger partial charge in [0.15, 0.2) is 0 Å². The van der Waals surface area contributed by atoms with Crippen LogP contribution >= 0.6 is 11.8 Å². The molecule has 0 unspecified atom stereocenters. The molecular weight excluding hydrogens is 420 g/mol. The van der Waals surface area contributed by atoms with Crippen LogP contribution in [-0.4, -0.2) is 66.6 Å². The van der Waals surface area contributed by atoms with Crippen LogP contribution in [0.4, 0.5) is 0 Å². The van der Waals surface area contributed by atoms with Gasteiger partial charge < -0.3 is 25.5 Å². The van der Waals surface area contributed by atoms with Crippen LogP contribution in [-0.2, 0) is 36.7 Å². The second kappa shape index (κ2) is 8.23. The Labute approximate surface area is 185 Å². The summed E-state index contributed by atoms with van der Waals surface area (Å²) < 4.78 is 3.94. The SMILES string of the molecule is C[C@@H](O)[C@H]1C(=O)N2C(C(=O)O)=C(S[C@@H]3CN[C@H](Cc4c[n+](C)c(CO)n4C)C3)[C@H](C)[C@H]12. The number of thioether (sulfide) groups is 1. The maximum absolute atomic E-state index is 12.5. The number of aliphatic carboxylic acids is 1. The summed E-state index contributed by atoms with van der Waals surface area (Å²) in [5.74, 6) is -1.16. The highest BCUT2D eigenvalue weighted by Gasteiger charge is 2.60. The standard InChI is InChI=1S/C21H30N4O5S/c1-10-17-16(11(2)27)20(28)25(17)18(21(29)30)19(10)31-14-6-12(22-7-14)5-13-8-23(3)15(9-26)24(13)4/h8,10-12,14,16-17,22,26-27H,5-7,9H2,1-4H3/p+1/t10-,11-,12-,14+,16-,17-/m1/s1. The maximum atomic E-state index is 12.5. The predicted molar refractivity (Wildman–Crippen MR) is 114 cm³/mol. The van der Waals surface area contributed by atoms with Gasteiger partial charge in [-0.15, -0.1) is 11.8 Å². The topological polar surface area (TPSA) is 119 Å². The molecule has 10 heteroatoms. The van der Waals surface area contributed by atoms with Gasteiger partial charge in [-0.3, -0.25) is 4.79 Å². The van der Waals surface area contributed by atoms with E-state index in [0.29, 0.717) is 0 Å². The van der Waals surface area contributed by atoms with Crippen molar-refractivity contribution in [2.45, 2.75) is 56.7 Å². The molecule has 0 radical (unpaired) electrons. The molecular formula is C21H31N4O5S+. The summed E-state index contributed by atoms with van der Waals surface area (Å²) in [5, 5.41) is 33.1. The van der Waals surface area contributed by atoms with Gasteiger partial charge in [0.2, 0.25) is 5.91 Å². The minimum absolute atomic E-state index is 0.0164. The minimum Gasteiger partial charge on any atom is -0.477 e. The van der Waals surface area contributed by atoms with Crippen molar-refractivity contribution in [3.63, 3.8) is 0 Å². The fourth-order valence-electron chi connectivity index (χ4n) is 5.33. The van der Waals surface area contributed by atoms with Gasteiger partial charge in [0.1, 0.15) is 24.2 Å². The first-order valence-corrected chi connectivity index (χ1v) is 11.6. The number of amides is 1. The number of aromatic nitrogens is 2. The number of carboxylic acids is 1. The smallest absolute Gasteiger partial charge is 0.353 e. The zero-order chi connectivity index (χ0) is 22.6. The van der Waals surface area contributed by atoms with Crippen molar-refractivity contribution >= 4 is 23.6 Å². The van der Waals surface area contributed by atoms with E-state index in [2.05, 4.69) is 5.32 Å². The summed E-state index contributed by atoms with van der Waals surface area (Å²) in [6.45, 7) is 4.30. The molecule has 2 fully saturated rings. The molecule has 4 heterocycles. The number of fused-ring (bicyclic) bond motifs is 1. The number of aliphatic hydroxyl groups is 2. The minimum atomic E-state index is -1.08. The monoisotopic (exact) mass is 451 g/mol. The lowest BCUT2D eigenvalue weighted by Crippen LogP contribution is -2.63. The van der Waals surface area contributed by atoms with Crippen LogP contribution in [0.1, 0.15) is 31.8 Å². The Morgan fingerprint density at radius 2 is 2.16 bits per heavy atom. The average Bonchev–Trinajstić information content (AvgIpc) is 3.31. The van der Waals surface area contributed by atoms with E-state index in [9.17, 15) is 24.9 Å². The highest BCUT2D eigenvalue weighted by Crippen LogP contribution is 2.51. The molecule has 4 N–H and O–H groups in total. The molecule has 1 aromatic rings. The largest absolute Gasteiger partial charge is 0.477 e. The third-order valence-electron chi connectivity index (χ3n) is 6.95. The number of carboxylic acid groups (broad SMARTS) is 1. The van der Waals surface area contributed by atoms with Crippen LogP contribution < -0.4 is 9.88 Å². The molecule has 170 valence electrons. The van der Waals surface area contributed by atoms with Crippen LogP contribution in [0.2, 0.25) is 0 Å². The van der Waals surface area contributed by atoms with Crippen molar-refractivity contribution in [3.05, 3.63) is 28.3 Å². The molecule has 0 aromatic carbocycles. The molecule has 0 saturated carbocycles. The van der Waals surface area contributed by atoms with Gasteiger partial charge in [-0.2, -0.15) is 0 Å². The molecule has 2 saturated heterocycles. The lowest BCUT2D eigenvalue weighted by molar-refractivity contribution is -0.680. The number of nitrogens with one attached hydrogen (secondary N) is 1.